The number of esters is 2. The van der Waals surface area contributed by atoms with E-state index < -0.39 is 266 Å². The first-order chi connectivity index (χ1) is 47.2. The van der Waals surface area contributed by atoms with Crippen LogP contribution in [0.5, 0.6) is 0 Å². The normalized spacial score (nSPS) is 52.8. The fraction of sp³-hybridized carbons (Fsp3) is 0.928. The number of allylic oxidation sites excluding steroid dienone is 1. The Morgan fingerprint density at radius 3 is 1.76 bits per heavy atom. The van der Waals surface area contributed by atoms with Gasteiger partial charge in [-0.1, -0.05) is 68.4 Å². The quantitative estimate of drug-likeness (QED) is 0.0387. The van der Waals surface area contributed by atoms with Crippen LogP contribution in [-0.2, 0) is 76.0 Å². The van der Waals surface area contributed by atoms with Crippen LogP contribution in [0.4, 0.5) is 0 Å². The molecule has 11 fully saturated rings. The number of ether oxygens (including phenoxy) is 13. The minimum Gasteiger partial charge on any atom is -0.479 e. The van der Waals surface area contributed by atoms with E-state index in [1.807, 2.05) is 34.6 Å². The van der Waals surface area contributed by atoms with Gasteiger partial charge in [0.1, 0.15) is 110 Å². The maximum Gasteiger partial charge on any atom is 0.335 e. The molecule has 0 aromatic rings. The van der Waals surface area contributed by atoms with Crippen LogP contribution >= 0.6 is 0 Å². The summed E-state index contributed by atoms with van der Waals surface area (Å²) < 4.78 is 81.6. The van der Waals surface area contributed by atoms with Crippen LogP contribution in [-0.4, -0.2) is 303 Å². The maximum atomic E-state index is 14.1. The lowest BCUT2D eigenvalue weighted by molar-refractivity contribution is -0.411. The first kappa shape index (κ1) is 79.2. The summed E-state index contributed by atoms with van der Waals surface area (Å²) in [5, 5.41) is 181. The lowest BCUT2D eigenvalue weighted by atomic mass is 9.30. The summed E-state index contributed by atoms with van der Waals surface area (Å²) in [5.41, 5.74) is -6.17. The van der Waals surface area contributed by atoms with Crippen molar-refractivity contribution < 1.29 is 158 Å². The number of carboxylic acids is 1. The summed E-state index contributed by atoms with van der Waals surface area (Å²) in [5.74, 6) is -4.43. The molecule has 11 aliphatic rings. The maximum absolute atomic E-state index is 14.1. The Bertz CT molecular complexity index is 2980. The Balaban J connectivity index is 0.913. The number of fused-ring (bicyclic) bond motifs is 4. The third-order valence-electron chi connectivity index (χ3n) is 26.7. The number of aliphatic hydroxyl groups excluding tert-OH is 15. The molecule has 1 spiro atoms. The van der Waals surface area contributed by atoms with E-state index >= 15 is 0 Å². The zero-order chi connectivity index (χ0) is 74.2. The molecular weight excluding hydrogens is 1340 g/mol. The highest BCUT2D eigenvalue weighted by Crippen LogP contribution is 2.82. The van der Waals surface area contributed by atoms with Gasteiger partial charge in [-0.05, 0) is 107 Å². The second-order valence-corrected chi connectivity index (χ2v) is 32.7. The van der Waals surface area contributed by atoms with Crippen molar-refractivity contribution in [3.05, 3.63) is 11.6 Å². The van der Waals surface area contributed by atoms with E-state index in [2.05, 4.69) is 20.8 Å². The zero-order valence-corrected chi connectivity index (χ0v) is 59.3. The molecule has 0 radical (unpaired) electrons. The molecule has 578 valence electrons. The summed E-state index contributed by atoms with van der Waals surface area (Å²) in [6.45, 7) is 20.2. The van der Waals surface area contributed by atoms with Crippen molar-refractivity contribution in [1.82, 2.24) is 0 Å². The number of carbonyl (C=O) groups excluding carboxylic acids is 2. The predicted octanol–water partition coefficient (Wildman–Crippen LogP) is -2.39. The fourth-order valence-electron chi connectivity index (χ4n) is 20.4. The van der Waals surface area contributed by atoms with E-state index in [-0.39, 0.29) is 24.7 Å². The van der Waals surface area contributed by atoms with Crippen molar-refractivity contribution in [2.75, 3.05) is 19.8 Å². The van der Waals surface area contributed by atoms with Crippen molar-refractivity contribution >= 4 is 17.9 Å². The second-order valence-electron chi connectivity index (χ2n) is 32.7. The SMILES string of the molecule is C/C=C(/C)C(=O)O[C@H]1[C@H](OC(=O)C(C)CC)[C@@]23[C@H](O)C[C@]4(C)[C@@](CC[C@@H]5[C@@]6(C)CC[C@H](O[C@@H]7O[C@H](C(=O)O)[C@@H](O)[C@H](O[C@@H]8O[C@H](CO)[C@H](O)[C@H](O)[C@H]8O[C@@H]8O[C@@H](C)[C@H](O)[C@@H](O)[C@H]8O[C@@H]8OC[C@@H](O)[C@H](O)[C@H]8O)[C@H]7O[C@@H]7O[C@H](CO)[C@H](O)[C@H](O)[C@H]7O)C(C)(C)[C@@H]6CC[C@]54C)(O[C@@H]2O)[C@@H]3CC1(C)C. The van der Waals surface area contributed by atoms with Gasteiger partial charge in [-0.2, -0.15) is 0 Å². The van der Waals surface area contributed by atoms with Gasteiger partial charge in [0.15, 0.2) is 49.9 Å². The van der Waals surface area contributed by atoms with E-state index in [0.29, 0.717) is 50.5 Å². The predicted molar refractivity (Wildman–Crippen MR) is 339 cm³/mol. The van der Waals surface area contributed by atoms with E-state index in [1.165, 1.54) is 6.92 Å². The van der Waals surface area contributed by atoms with E-state index in [0.717, 1.165) is 0 Å². The highest BCUT2D eigenvalue weighted by atomic mass is 16.8. The molecule has 6 saturated heterocycles. The van der Waals surface area contributed by atoms with Gasteiger partial charge in [0.25, 0.3) is 0 Å². The van der Waals surface area contributed by atoms with Crippen molar-refractivity contribution in [3.8, 4) is 0 Å². The summed E-state index contributed by atoms with van der Waals surface area (Å²) >= 11 is 0. The van der Waals surface area contributed by atoms with Crippen LogP contribution in [0.2, 0.25) is 0 Å². The number of aliphatic hydroxyl groups is 15. The van der Waals surface area contributed by atoms with Gasteiger partial charge in [-0.25, -0.2) is 9.59 Å². The number of carboxylic acid groups (broad SMARTS) is 1. The standard InChI is InChI=1S/C69H110O32/c1-13-26(3)55(86)99-52-53(100-56(87)27(4)14-2)69-34(21-63(52,6)7)68(101-62(69)88)20-16-33-65(10)18-17-36(64(8,9)32(65)15-19-66(33,11)67(68,12)22-35(69)73)93-61-51(98-58-45(82)41(78)39(76)30(23-70)91-58)47(46(83)48(95-61)54(84)85)94-60-50(43(80)40(77)31(24-71)92-60)97-59-49(42(79)37(74)28(5)90-59)96-57-44(81)38(75)29(72)25-89-57/h13,27-53,57-62,70-83,88H,14-25H2,1-12H3,(H,84,85)/b26-13-/t27?,28-,29+,30+,31+,32-,33+,34-,35+,36-,37-,38-,39-,40-,41-,42+,43-,44+,45+,46-,47-,48-,49+,50+,51+,52-,53-,57-,58-,59-,60-,61+,62-,65-,66+,67-,68-,69+/m0/s1. The Morgan fingerprint density at radius 1 is 0.574 bits per heavy atom. The molecule has 0 aromatic carbocycles. The largest absolute Gasteiger partial charge is 0.479 e. The third-order valence-corrected chi connectivity index (χ3v) is 26.7. The first-order valence-electron chi connectivity index (χ1n) is 35.8. The molecule has 101 heavy (non-hydrogen) atoms. The number of hydrogen-bond donors (Lipinski definition) is 16. The lowest BCUT2D eigenvalue weighted by Gasteiger charge is -2.75. The summed E-state index contributed by atoms with van der Waals surface area (Å²) in [6, 6.07) is 0. The summed E-state index contributed by atoms with van der Waals surface area (Å²) in [4.78, 5) is 41.4. The van der Waals surface area contributed by atoms with Gasteiger partial charge in [-0.3, -0.25) is 4.79 Å². The third kappa shape index (κ3) is 12.7. The molecule has 32 nitrogen and oxygen atoms in total. The van der Waals surface area contributed by atoms with Crippen LogP contribution in [0.25, 0.3) is 0 Å². The van der Waals surface area contributed by atoms with Gasteiger partial charge in [0.05, 0.1) is 55.1 Å². The minimum atomic E-state index is -2.37. The van der Waals surface area contributed by atoms with E-state index in [4.69, 9.17) is 61.6 Å². The monoisotopic (exact) mass is 1450 g/mol. The van der Waals surface area contributed by atoms with Gasteiger partial charge >= 0.3 is 17.9 Å². The molecular formula is C69H110O32. The van der Waals surface area contributed by atoms with Crippen molar-refractivity contribution in [3.63, 3.8) is 0 Å². The number of rotatable bonds is 18. The topological polar surface area (TPSA) is 495 Å². The Morgan fingerprint density at radius 2 is 1.14 bits per heavy atom. The van der Waals surface area contributed by atoms with Gasteiger partial charge < -0.3 is 143 Å². The van der Waals surface area contributed by atoms with Crippen molar-refractivity contribution in [2.24, 2.45) is 56.2 Å². The Labute approximate surface area is 585 Å². The van der Waals surface area contributed by atoms with Gasteiger partial charge in [0, 0.05) is 22.3 Å². The average Bonchev–Trinajstić information content (AvgIpc) is 1.51. The molecule has 5 aliphatic carbocycles. The Hall–Kier alpha value is -2.89. The molecule has 32 heteroatoms. The van der Waals surface area contributed by atoms with Crippen LogP contribution < -0.4 is 0 Å². The average molecular weight is 1450 g/mol. The highest BCUT2D eigenvalue weighted by Gasteiger charge is 2.86. The summed E-state index contributed by atoms with van der Waals surface area (Å²) in [6.07, 6.45) is -47.8. The summed E-state index contributed by atoms with van der Waals surface area (Å²) in [7, 11) is 0. The zero-order valence-electron chi connectivity index (χ0n) is 59.3. The minimum absolute atomic E-state index is 0.0925. The number of hydrogen-bond acceptors (Lipinski definition) is 31. The van der Waals surface area contributed by atoms with E-state index in [9.17, 15) is 96.1 Å². The molecule has 38 atom stereocenters. The number of aliphatic carboxylic acids is 1. The molecule has 5 saturated carbocycles. The molecule has 11 rings (SSSR count). The van der Waals surface area contributed by atoms with Gasteiger partial charge in [0.2, 0.25) is 0 Å². The van der Waals surface area contributed by atoms with Crippen LogP contribution in [0.15, 0.2) is 11.6 Å². The highest BCUT2D eigenvalue weighted by molar-refractivity contribution is 5.88. The second kappa shape index (κ2) is 28.9. The van der Waals surface area contributed by atoms with E-state index in [1.54, 1.807) is 26.8 Å². The molecule has 1 unspecified atom stereocenters. The molecule has 0 amide bonds. The fourth-order valence-corrected chi connectivity index (χ4v) is 20.4. The molecule has 16 N–H and O–H groups in total. The Kier molecular flexibility index (Phi) is 22.7. The molecule has 6 heterocycles. The lowest BCUT2D eigenvalue weighted by Crippen LogP contribution is -2.77. The van der Waals surface area contributed by atoms with Crippen LogP contribution in [0.1, 0.15) is 141 Å². The van der Waals surface area contributed by atoms with Crippen LogP contribution in [0, 0.1) is 56.2 Å². The molecule has 2 bridgehead atoms. The van der Waals surface area contributed by atoms with Crippen molar-refractivity contribution in [2.45, 2.75) is 325 Å². The van der Waals surface area contributed by atoms with Crippen molar-refractivity contribution in [1.29, 1.82) is 0 Å². The number of carbonyl (C=O) groups is 3. The van der Waals surface area contributed by atoms with Gasteiger partial charge in [-0.15, -0.1) is 0 Å². The molecule has 6 aliphatic heterocycles. The molecule has 0 aromatic heterocycles. The van der Waals surface area contributed by atoms with Crippen LogP contribution in [0.3, 0.4) is 0 Å². The smallest absolute Gasteiger partial charge is 0.335 e. The first-order valence-corrected chi connectivity index (χ1v) is 35.8.